The van der Waals surface area contributed by atoms with E-state index in [1.54, 1.807) is 0 Å². The molecule has 0 N–H and O–H groups in total. The van der Waals surface area contributed by atoms with Gasteiger partial charge in [-0.25, -0.2) is 0 Å². The number of ketones is 1. The van der Waals surface area contributed by atoms with Gasteiger partial charge in [0.2, 0.25) is 0 Å². The summed E-state index contributed by atoms with van der Waals surface area (Å²) in [7, 11) is 0. The first kappa shape index (κ1) is 21.7. The number of likely N-dealkylation sites (tertiary alicyclic amines) is 1. The molecule has 5 rings (SSSR count). The number of Topliss-reactive ketones (excluding diaryl/α,β-unsaturated/α-hetero) is 1. The number of hydrogen-bond acceptors (Lipinski definition) is 4. The second kappa shape index (κ2) is 9.82. The third kappa shape index (κ3) is 4.52. The number of piperidine rings is 1. The first-order valence-corrected chi connectivity index (χ1v) is 13.0. The molecule has 3 nitrogen and oxygen atoms in total. The van der Waals surface area contributed by atoms with E-state index >= 15 is 0 Å². The molecule has 164 valence electrons. The lowest BCUT2D eigenvalue weighted by Crippen LogP contribution is -2.45. The van der Waals surface area contributed by atoms with Gasteiger partial charge in [0.25, 0.3) is 0 Å². The molecule has 3 aromatic carbocycles. The van der Waals surface area contributed by atoms with Gasteiger partial charge in [0.1, 0.15) is 0 Å². The summed E-state index contributed by atoms with van der Waals surface area (Å²) in [5, 5.41) is 0. The van der Waals surface area contributed by atoms with E-state index in [0.717, 1.165) is 48.9 Å². The van der Waals surface area contributed by atoms with Crippen LogP contribution in [0, 0.1) is 0 Å². The Hall–Kier alpha value is -2.08. The Kier molecular flexibility index (Phi) is 6.67. The first-order chi connectivity index (χ1) is 15.7. The van der Waals surface area contributed by atoms with Gasteiger partial charge in [-0.2, -0.15) is 0 Å². The Morgan fingerprint density at radius 1 is 0.875 bits per heavy atom. The van der Waals surface area contributed by atoms with Crippen molar-refractivity contribution >= 4 is 44.8 Å². The third-order valence-electron chi connectivity index (χ3n) is 6.40. The zero-order valence-corrected chi connectivity index (χ0v) is 20.4. The Bertz CT molecular complexity index is 1060. The number of rotatable bonds is 6. The van der Waals surface area contributed by atoms with E-state index in [9.17, 15) is 4.79 Å². The summed E-state index contributed by atoms with van der Waals surface area (Å²) in [5.41, 5.74) is 3.40. The Morgan fingerprint density at radius 2 is 1.53 bits per heavy atom. The molecular formula is C27H27BrN2OS. The predicted molar refractivity (Wildman–Crippen MR) is 136 cm³/mol. The molecule has 0 saturated carbocycles. The topological polar surface area (TPSA) is 23.6 Å². The summed E-state index contributed by atoms with van der Waals surface area (Å²) >= 11 is 5.32. The van der Waals surface area contributed by atoms with Crippen LogP contribution < -0.4 is 4.90 Å². The van der Waals surface area contributed by atoms with Gasteiger partial charge in [-0.3, -0.25) is 9.69 Å². The average molecular weight is 507 g/mol. The minimum Gasteiger partial charge on any atom is -0.340 e. The number of hydrogen-bond donors (Lipinski definition) is 0. The van der Waals surface area contributed by atoms with Crippen molar-refractivity contribution in [1.82, 2.24) is 4.90 Å². The second-order valence-electron chi connectivity index (χ2n) is 8.46. The third-order valence-corrected chi connectivity index (χ3v) is 8.06. The van der Waals surface area contributed by atoms with E-state index < -0.39 is 0 Å². The van der Waals surface area contributed by atoms with E-state index in [4.69, 9.17) is 0 Å². The number of para-hydroxylation sites is 2. The Labute approximate surface area is 202 Å². The monoisotopic (exact) mass is 506 g/mol. The molecule has 3 aromatic rings. The number of fused-ring (bicyclic) bond motifs is 2. The van der Waals surface area contributed by atoms with Crippen LogP contribution in [0.2, 0.25) is 0 Å². The van der Waals surface area contributed by atoms with Gasteiger partial charge >= 0.3 is 0 Å². The van der Waals surface area contributed by atoms with Crippen LogP contribution in [-0.2, 0) is 0 Å². The van der Waals surface area contributed by atoms with Crippen molar-refractivity contribution in [1.29, 1.82) is 0 Å². The van der Waals surface area contributed by atoms with Gasteiger partial charge < -0.3 is 4.90 Å². The number of nitrogens with zero attached hydrogens (tertiary/aromatic N) is 2. The fraction of sp³-hybridized carbons (Fsp3) is 0.296. The molecule has 0 amide bonds. The molecule has 2 aliphatic rings. The summed E-state index contributed by atoms with van der Waals surface area (Å²) < 4.78 is 1.01. The maximum atomic E-state index is 13.2. The van der Waals surface area contributed by atoms with Crippen LogP contribution in [0.4, 0.5) is 11.4 Å². The van der Waals surface area contributed by atoms with Gasteiger partial charge in [0.15, 0.2) is 5.78 Å². The van der Waals surface area contributed by atoms with Gasteiger partial charge in [0, 0.05) is 32.9 Å². The van der Waals surface area contributed by atoms with Crippen LogP contribution >= 0.6 is 27.7 Å². The molecule has 32 heavy (non-hydrogen) atoms. The van der Waals surface area contributed by atoms with Gasteiger partial charge in [-0.1, -0.05) is 70.5 Å². The molecule has 1 fully saturated rings. The second-order valence-corrected chi connectivity index (χ2v) is 10.5. The van der Waals surface area contributed by atoms with Crippen molar-refractivity contribution < 1.29 is 4.79 Å². The van der Waals surface area contributed by atoms with E-state index in [1.807, 2.05) is 36.0 Å². The van der Waals surface area contributed by atoms with E-state index in [-0.39, 0.29) is 11.8 Å². The highest BCUT2D eigenvalue weighted by atomic mass is 79.9. The van der Waals surface area contributed by atoms with Crippen molar-refractivity contribution in [2.24, 2.45) is 0 Å². The average Bonchev–Trinajstić information content (AvgIpc) is 2.84. The minimum absolute atomic E-state index is 0.00131. The van der Waals surface area contributed by atoms with Gasteiger partial charge in [0.05, 0.1) is 17.4 Å². The number of halogens is 1. The lowest BCUT2D eigenvalue weighted by molar-refractivity contribution is 0.0745. The lowest BCUT2D eigenvalue weighted by Gasteiger charge is -2.36. The smallest absolute Gasteiger partial charge is 0.179 e. The van der Waals surface area contributed by atoms with E-state index in [1.165, 1.54) is 27.6 Å². The number of anilines is 2. The summed E-state index contributed by atoms with van der Waals surface area (Å²) in [5.74, 6) is 0.266. The number of carbonyl (C=O) groups is 1. The van der Waals surface area contributed by atoms with Crippen molar-refractivity contribution in [2.75, 3.05) is 24.5 Å². The zero-order chi connectivity index (χ0) is 21.9. The fourth-order valence-electron chi connectivity index (χ4n) is 4.82. The van der Waals surface area contributed by atoms with Crippen molar-refractivity contribution in [3.05, 3.63) is 82.8 Å². The molecule has 0 bridgehead atoms. The lowest BCUT2D eigenvalue weighted by atomic mass is 9.94. The van der Waals surface area contributed by atoms with Crippen LogP contribution in [0.1, 0.15) is 36.0 Å². The maximum absolute atomic E-state index is 13.2. The fourth-order valence-corrected chi connectivity index (χ4v) is 6.18. The summed E-state index contributed by atoms with van der Waals surface area (Å²) in [6.07, 6.45) is 4.29. The van der Waals surface area contributed by atoms with Crippen LogP contribution in [0.5, 0.6) is 0 Å². The SMILES string of the molecule is O=C(c1ccc(Br)cc1)C1CCCCN1CCCN1c2ccccc2Sc2ccccc21. The Morgan fingerprint density at radius 3 is 2.22 bits per heavy atom. The summed E-state index contributed by atoms with van der Waals surface area (Å²) in [6, 6.07) is 25.1. The largest absolute Gasteiger partial charge is 0.340 e. The molecule has 0 radical (unpaired) electrons. The maximum Gasteiger partial charge on any atom is 0.179 e. The highest BCUT2D eigenvalue weighted by Gasteiger charge is 2.29. The predicted octanol–water partition coefficient (Wildman–Crippen LogP) is 7.18. The molecular weight excluding hydrogens is 480 g/mol. The van der Waals surface area contributed by atoms with Gasteiger partial charge in [-0.15, -0.1) is 0 Å². The minimum atomic E-state index is 0.00131. The number of benzene rings is 3. The van der Waals surface area contributed by atoms with Crippen molar-refractivity contribution in [3.63, 3.8) is 0 Å². The first-order valence-electron chi connectivity index (χ1n) is 11.4. The molecule has 1 unspecified atom stereocenters. The summed E-state index contributed by atoms with van der Waals surface area (Å²) in [6.45, 7) is 2.90. The van der Waals surface area contributed by atoms with Crippen LogP contribution in [0.3, 0.4) is 0 Å². The van der Waals surface area contributed by atoms with Crippen LogP contribution in [0.25, 0.3) is 0 Å². The highest BCUT2D eigenvalue weighted by molar-refractivity contribution is 9.10. The molecule has 2 heterocycles. The molecule has 0 aromatic heterocycles. The molecule has 1 atom stereocenters. The summed E-state index contributed by atoms with van der Waals surface area (Å²) in [4.78, 5) is 20.7. The zero-order valence-electron chi connectivity index (χ0n) is 18.0. The number of carbonyl (C=O) groups excluding carboxylic acids is 1. The van der Waals surface area contributed by atoms with Gasteiger partial charge in [-0.05, 0) is 62.2 Å². The van der Waals surface area contributed by atoms with Crippen molar-refractivity contribution in [2.45, 2.75) is 41.5 Å². The standard InChI is InChI=1S/C27H27BrN2OS/c28-21-15-13-20(14-16-21)27(31)24-10-5-6-17-29(24)18-7-19-30-22-8-1-3-11-25(22)32-26-12-4-2-9-23(26)30/h1-4,8-9,11-16,24H,5-7,10,17-19H2. The molecule has 2 aliphatic heterocycles. The van der Waals surface area contributed by atoms with Crippen LogP contribution in [-0.4, -0.2) is 36.4 Å². The molecule has 5 heteroatoms. The quantitative estimate of drug-likeness (QED) is 0.330. The highest BCUT2D eigenvalue weighted by Crippen LogP contribution is 2.47. The van der Waals surface area contributed by atoms with Crippen molar-refractivity contribution in [3.8, 4) is 0 Å². The van der Waals surface area contributed by atoms with E-state index in [2.05, 4.69) is 74.3 Å². The van der Waals surface area contributed by atoms with Crippen LogP contribution in [0.15, 0.2) is 87.1 Å². The molecule has 0 aliphatic carbocycles. The molecule has 1 saturated heterocycles. The van der Waals surface area contributed by atoms with E-state index in [0.29, 0.717) is 0 Å². The Balaban J connectivity index is 1.29. The normalized spacial score (nSPS) is 18.2. The molecule has 0 spiro atoms.